The van der Waals surface area contributed by atoms with Crippen LogP contribution in [0.1, 0.15) is 31.9 Å². The molecule has 0 aliphatic heterocycles. The maximum Gasteiger partial charge on any atom is 0.128 e. The first kappa shape index (κ1) is 12.8. The predicted octanol–water partition coefficient (Wildman–Crippen LogP) is 3.58. The molecular weight excluding hydrogens is 208 g/mol. The number of nitrogens with one attached hydrogen (secondary N) is 1. The van der Waals surface area contributed by atoms with E-state index in [0.29, 0.717) is 5.56 Å². The van der Waals surface area contributed by atoms with Crippen molar-refractivity contribution in [3.63, 3.8) is 0 Å². The minimum absolute atomic E-state index is 0.180. The number of halogens is 2. The van der Waals surface area contributed by atoms with Gasteiger partial charge in [-0.2, -0.15) is 0 Å². The molecule has 3 heteroatoms. The van der Waals surface area contributed by atoms with Gasteiger partial charge in [-0.05, 0) is 45.0 Å². The van der Waals surface area contributed by atoms with E-state index in [0.717, 1.165) is 25.1 Å². The van der Waals surface area contributed by atoms with Gasteiger partial charge in [0.15, 0.2) is 0 Å². The Morgan fingerprint density at radius 2 is 2.12 bits per heavy atom. The lowest BCUT2D eigenvalue weighted by Gasteiger charge is -2.14. The first-order valence-electron chi connectivity index (χ1n) is 5.44. The highest BCUT2D eigenvalue weighted by atomic mass is 19.1. The van der Waals surface area contributed by atoms with Crippen molar-refractivity contribution in [2.24, 2.45) is 0 Å². The van der Waals surface area contributed by atoms with Crippen LogP contribution in [0.2, 0.25) is 0 Å². The summed E-state index contributed by atoms with van der Waals surface area (Å²) in [6, 6.07) is 3.35. The Labute approximate surface area is 95.2 Å². The molecule has 0 heterocycles. The highest BCUT2D eigenvalue weighted by Gasteiger charge is 2.10. The van der Waals surface area contributed by atoms with Crippen LogP contribution in [-0.2, 0) is 0 Å². The van der Waals surface area contributed by atoms with Gasteiger partial charge < -0.3 is 5.32 Å². The molecule has 0 bridgehead atoms. The second kappa shape index (κ2) is 6.38. The van der Waals surface area contributed by atoms with E-state index in [1.54, 1.807) is 0 Å². The Kier molecular flexibility index (Phi) is 5.12. The van der Waals surface area contributed by atoms with Gasteiger partial charge in [0.2, 0.25) is 0 Å². The van der Waals surface area contributed by atoms with Crippen LogP contribution in [0.4, 0.5) is 8.78 Å². The van der Waals surface area contributed by atoms with Crippen molar-refractivity contribution >= 4 is 0 Å². The number of allylic oxidation sites excluding steroid dienone is 1. The van der Waals surface area contributed by atoms with Crippen molar-refractivity contribution in [2.75, 3.05) is 6.54 Å². The van der Waals surface area contributed by atoms with Crippen LogP contribution in [0.5, 0.6) is 0 Å². The van der Waals surface area contributed by atoms with Gasteiger partial charge >= 0.3 is 0 Å². The van der Waals surface area contributed by atoms with E-state index in [4.69, 9.17) is 0 Å². The van der Waals surface area contributed by atoms with E-state index >= 15 is 0 Å². The van der Waals surface area contributed by atoms with Crippen molar-refractivity contribution in [1.29, 1.82) is 0 Å². The molecule has 0 radical (unpaired) electrons. The summed E-state index contributed by atoms with van der Waals surface area (Å²) in [6.07, 6.45) is 4.88. The normalized spacial score (nSPS) is 13.2. The molecule has 88 valence electrons. The molecule has 1 unspecified atom stereocenters. The first-order chi connectivity index (χ1) is 7.65. The molecule has 16 heavy (non-hydrogen) atoms. The molecule has 1 aromatic carbocycles. The van der Waals surface area contributed by atoms with Crippen LogP contribution < -0.4 is 5.32 Å². The standard InChI is InChI=1S/C13H17F2N/c1-3-4-5-8-16-10(2)12-9-11(14)6-7-13(12)15/h3-4,6-7,9-10,16H,5,8H2,1-2H3/b4-3+. The van der Waals surface area contributed by atoms with Gasteiger partial charge in [0.1, 0.15) is 11.6 Å². The molecule has 0 fully saturated rings. The van der Waals surface area contributed by atoms with Crippen LogP contribution in [0.25, 0.3) is 0 Å². The molecule has 0 aliphatic rings. The highest BCUT2D eigenvalue weighted by molar-refractivity contribution is 5.21. The summed E-state index contributed by atoms with van der Waals surface area (Å²) >= 11 is 0. The number of benzene rings is 1. The lowest BCUT2D eigenvalue weighted by atomic mass is 10.1. The third kappa shape index (κ3) is 3.74. The van der Waals surface area contributed by atoms with E-state index in [9.17, 15) is 8.78 Å². The third-order valence-corrected chi connectivity index (χ3v) is 2.42. The van der Waals surface area contributed by atoms with E-state index in [1.165, 1.54) is 6.07 Å². The number of rotatable bonds is 5. The Bertz CT molecular complexity index is 361. The molecule has 1 nitrogen and oxygen atoms in total. The number of hydrogen-bond donors (Lipinski definition) is 1. The minimum Gasteiger partial charge on any atom is -0.310 e. The fourth-order valence-electron chi connectivity index (χ4n) is 1.51. The fourth-order valence-corrected chi connectivity index (χ4v) is 1.51. The van der Waals surface area contributed by atoms with Crippen molar-refractivity contribution in [3.8, 4) is 0 Å². The maximum absolute atomic E-state index is 13.4. The second-order valence-electron chi connectivity index (χ2n) is 3.70. The van der Waals surface area contributed by atoms with Gasteiger partial charge in [0.05, 0.1) is 0 Å². The van der Waals surface area contributed by atoms with E-state index in [-0.39, 0.29) is 11.9 Å². The molecule has 1 atom stereocenters. The molecular formula is C13H17F2N. The highest BCUT2D eigenvalue weighted by Crippen LogP contribution is 2.17. The molecule has 0 aromatic heterocycles. The summed E-state index contributed by atoms with van der Waals surface area (Å²) in [4.78, 5) is 0. The van der Waals surface area contributed by atoms with Crippen molar-refractivity contribution in [2.45, 2.75) is 26.3 Å². The monoisotopic (exact) mass is 225 g/mol. The van der Waals surface area contributed by atoms with E-state index < -0.39 is 5.82 Å². The zero-order chi connectivity index (χ0) is 12.0. The van der Waals surface area contributed by atoms with E-state index in [2.05, 4.69) is 5.32 Å². The summed E-state index contributed by atoms with van der Waals surface area (Å²) < 4.78 is 26.3. The van der Waals surface area contributed by atoms with Crippen LogP contribution in [-0.4, -0.2) is 6.54 Å². The molecule has 0 saturated carbocycles. The zero-order valence-electron chi connectivity index (χ0n) is 9.63. The SMILES string of the molecule is C/C=C/CCNC(C)c1cc(F)ccc1F. The molecule has 1 rings (SSSR count). The van der Waals surface area contributed by atoms with Crippen molar-refractivity contribution in [1.82, 2.24) is 5.32 Å². The Morgan fingerprint density at radius 3 is 2.81 bits per heavy atom. The van der Waals surface area contributed by atoms with Crippen molar-refractivity contribution in [3.05, 3.63) is 47.5 Å². The average Bonchev–Trinajstić information content (AvgIpc) is 2.27. The third-order valence-electron chi connectivity index (χ3n) is 2.42. The quantitative estimate of drug-likeness (QED) is 0.596. The van der Waals surface area contributed by atoms with Gasteiger partial charge in [-0.1, -0.05) is 12.2 Å². The predicted molar refractivity (Wildman–Crippen MR) is 62.2 cm³/mol. The van der Waals surface area contributed by atoms with Crippen LogP contribution in [0.3, 0.4) is 0 Å². The van der Waals surface area contributed by atoms with Crippen LogP contribution >= 0.6 is 0 Å². The summed E-state index contributed by atoms with van der Waals surface area (Å²) in [6.45, 7) is 4.53. The van der Waals surface area contributed by atoms with Gasteiger partial charge in [0, 0.05) is 11.6 Å². The largest absolute Gasteiger partial charge is 0.310 e. The van der Waals surface area contributed by atoms with Gasteiger partial charge in [-0.25, -0.2) is 8.78 Å². The summed E-state index contributed by atoms with van der Waals surface area (Å²) in [7, 11) is 0. The Hall–Kier alpha value is -1.22. The number of hydrogen-bond acceptors (Lipinski definition) is 1. The molecule has 0 saturated heterocycles. The maximum atomic E-state index is 13.4. The first-order valence-corrected chi connectivity index (χ1v) is 5.44. The molecule has 1 N–H and O–H groups in total. The van der Waals surface area contributed by atoms with Crippen LogP contribution in [0.15, 0.2) is 30.4 Å². The fraction of sp³-hybridized carbons (Fsp3) is 0.385. The second-order valence-corrected chi connectivity index (χ2v) is 3.70. The molecule has 0 spiro atoms. The van der Waals surface area contributed by atoms with Gasteiger partial charge in [-0.15, -0.1) is 0 Å². The molecule has 0 aliphatic carbocycles. The summed E-state index contributed by atoms with van der Waals surface area (Å²) in [5.74, 6) is -0.772. The lowest BCUT2D eigenvalue weighted by molar-refractivity contribution is 0.522. The van der Waals surface area contributed by atoms with Gasteiger partial charge in [0.25, 0.3) is 0 Å². The minimum atomic E-state index is -0.404. The molecule has 0 amide bonds. The lowest BCUT2D eigenvalue weighted by Crippen LogP contribution is -2.20. The van der Waals surface area contributed by atoms with Crippen LogP contribution in [0, 0.1) is 11.6 Å². The topological polar surface area (TPSA) is 12.0 Å². The smallest absolute Gasteiger partial charge is 0.128 e. The Balaban J connectivity index is 2.58. The summed E-state index contributed by atoms with van der Waals surface area (Å²) in [5.41, 5.74) is 0.375. The van der Waals surface area contributed by atoms with E-state index in [1.807, 2.05) is 26.0 Å². The molecule has 1 aromatic rings. The van der Waals surface area contributed by atoms with Gasteiger partial charge in [-0.3, -0.25) is 0 Å². The summed E-state index contributed by atoms with van der Waals surface area (Å²) in [5, 5.41) is 3.14. The van der Waals surface area contributed by atoms with Crippen molar-refractivity contribution < 1.29 is 8.78 Å². The zero-order valence-corrected chi connectivity index (χ0v) is 9.63. The average molecular weight is 225 g/mol. The Morgan fingerprint density at radius 1 is 1.38 bits per heavy atom.